The highest BCUT2D eigenvalue weighted by molar-refractivity contribution is 6.00. The second-order valence-electron chi connectivity index (χ2n) is 9.12. The Kier molecular flexibility index (Phi) is 5.15. The van der Waals surface area contributed by atoms with Gasteiger partial charge in [0, 0.05) is 54.8 Å². The zero-order valence-electron chi connectivity index (χ0n) is 20.0. The van der Waals surface area contributed by atoms with Crippen molar-refractivity contribution in [3.63, 3.8) is 0 Å². The standard InChI is InChI=1S/C27H21F3N6O/c1-34-11-10-17-4-3-5-20(23(17)34)24-31-13-19-12-22(37)36(26(19)33-24)14-16-6-8-18(9-7-16)25-32-21(15-35(25)2)27(28,29)30/h3-11,13,15H,12,14H2,1-2H3. The first kappa shape index (κ1) is 23.0. The second kappa shape index (κ2) is 8.29. The van der Waals surface area contributed by atoms with Crippen LogP contribution in [-0.4, -0.2) is 30.0 Å². The van der Waals surface area contributed by atoms with E-state index in [0.717, 1.165) is 33.8 Å². The first-order valence-electron chi connectivity index (χ1n) is 11.6. The molecule has 0 saturated heterocycles. The number of rotatable bonds is 4. The predicted molar refractivity (Wildman–Crippen MR) is 132 cm³/mol. The van der Waals surface area contributed by atoms with Gasteiger partial charge in [0.2, 0.25) is 5.91 Å². The molecule has 0 radical (unpaired) electrons. The molecular formula is C27H21F3N6O. The number of hydrogen-bond donors (Lipinski definition) is 0. The van der Waals surface area contributed by atoms with Gasteiger partial charge in [-0.1, -0.05) is 36.4 Å². The smallest absolute Gasteiger partial charge is 0.350 e. The van der Waals surface area contributed by atoms with Gasteiger partial charge >= 0.3 is 6.18 Å². The molecule has 37 heavy (non-hydrogen) atoms. The highest BCUT2D eigenvalue weighted by Crippen LogP contribution is 2.34. The number of alkyl halides is 3. The average molecular weight is 503 g/mol. The minimum atomic E-state index is -4.51. The van der Waals surface area contributed by atoms with Crippen molar-refractivity contribution in [1.29, 1.82) is 0 Å². The Bertz CT molecular complexity index is 1670. The Morgan fingerprint density at radius 3 is 2.49 bits per heavy atom. The zero-order valence-corrected chi connectivity index (χ0v) is 20.0. The van der Waals surface area contributed by atoms with Crippen LogP contribution in [0.5, 0.6) is 0 Å². The first-order valence-corrected chi connectivity index (χ1v) is 11.6. The number of benzene rings is 2. The van der Waals surface area contributed by atoms with Gasteiger partial charge in [-0.15, -0.1) is 0 Å². The molecular weight excluding hydrogens is 481 g/mol. The van der Waals surface area contributed by atoms with Crippen molar-refractivity contribution in [2.75, 3.05) is 4.90 Å². The molecule has 4 heterocycles. The van der Waals surface area contributed by atoms with Crippen LogP contribution >= 0.6 is 0 Å². The summed E-state index contributed by atoms with van der Waals surface area (Å²) in [5.41, 5.74) is 3.09. The molecule has 7 nitrogen and oxygen atoms in total. The topological polar surface area (TPSA) is 68.8 Å². The summed E-state index contributed by atoms with van der Waals surface area (Å²) in [6.45, 7) is 0.283. The molecule has 10 heteroatoms. The van der Waals surface area contributed by atoms with E-state index in [9.17, 15) is 18.0 Å². The van der Waals surface area contributed by atoms with Crippen LogP contribution in [0.1, 0.15) is 16.8 Å². The van der Waals surface area contributed by atoms with Crippen molar-refractivity contribution in [2.24, 2.45) is 14.1 Å². The monoisotopic (exact) mass is 502 g/mol. The molecule has 0 fully saturated rings. The Hall–Kier alpha value is -4.47. The number of hydrogen-bond acceptors (Lipinski definition) is 4. The fraction of sp³-hybridized carbons (Fsp3) is 0.185. The van der Waals surface area contributed by atoms with Gasteiger partial charge in [0.25, 0.3) is 0 Å². The quantitative estimate of drug-likeness (QED) is 0.341. The number of fused-ring (bicyclic) bond motifs is 2. The van der Waals surface area contributed by atoms with Gasteiger partial charge in [0.1, 0.15) is 11.6 Å². The molecule has 1 aliphatic rings. The summed E-state index contributed by atoms with van der Waals surface area (Å²) in [5.74, 6) is 1.25. The van der Waals surface area contributed by atoms with Crippen LogP contribution in [0.2, 0.25) is 0 Å². The summed E-state index contributed by atoms with van der Waals surface area (Å²) < 4.78 is 42.5. The molecule has 2 aromatic carbocycles. The molecule has 5 aromatic rings. The number of carbonyl (C=O) groups excluding carboxylic acids is 1. The highest BCUT2D eigenvalue weighted by atomic mass is 19.4. The third-order valence-corrected chi connectivity index (χ3v) is 6.60. The molecule has 1 aliphatic heterocycles. The van der Waals surface area contributed by atoms with E-state index in [1.807, 2.05) is 42.1 Å². The van der Waals surface area contributed by atoms with Crippen molar-refractivity contribution in [3.05, 3.63) is 83.9 Å². The summed E-state index contributed by atoms with van der Waals surface area (Å²) in [7, 11) is 3.49. The molecule has 6 rings (SSSR count). The zero-order chi connectivity index (χ0) is 25.9. The van der Waals surface area contributed by atoms with Crippen LogP contribution in [0.15, 0.2) is 67.1 Å². The maximum absolute atomic E-state index is 13.0. The summed E-state index contributed by atoms with van der Waals surface area (Å²) in [4.78, 5) is 27.6. The number of carbonyl (C=O) groups is 1. The predicted octanol–water partition coefficient (Wildman–Crippen LogP) is 5.14. The van der Waals surface area contributed by atoms with Crippen LogP contribution in [0.25, 0.3) is 33.7 Å². The molecule has 0 saturated carbocycles. The van der Waals surface area contributed by atoms with Crippen molar-refractivity contribution in [1.82, 2.24) is 24.1 Å². The summed E-state index contributed by atoms with van der Waals surface area (Å²) in [6, 6.07) is 15.0. The van der Waals surface area contributed by atoms with E-state index < -0.39 is 11.9 Å². The molecule has 0 spiro atoms. The van der Waals surface area contributed by atoms with E-state index in [-0.39, 0.29) is 24.7 Å². The SMILES string of the molecule is Cn1cc(C(F)(F)F)nc1-c1ccc(CN2C(=O)Cc3cnc(-c4cccc5ccn(C)c45)nc32)cc1. The number of nitrogens with zero attached hydrogens (tertiary/aromatic N) is 6. The third kappa shape index (κ3) is 3.94. The van der Waals surface area contributed by atoms with Crippen LogP contribution in [0.4, 0.5) is 19.0 Å². The van der Waals surface area contributed by atoms with Gasteiger partial charge in [-0.3, -0.25) is 9.69 Å². The number of imidazole rings is 1. The minimum Gasteiger partial charge on any atom is -0.350 e. The van der Waals surface area contributed by atoms with Crippen LogP contribution in [-0.2, 0) is 38.0 Å². The van der Waals surface area contributed by atoms with E-state index in [1.54, 1.807) is 35.4 Å². The van der Waals surface area contributed by atoms with Gasteiger partial charge in [-0.05, 0) is 17.7 Å². The highest BCUT2D eigenvalue weighted by Gasteiger charge is 2.34. The first-order chi connectivity index (χ1) is 17.7. The lowest BCUT2D eigenvalue weighted by atomic mass is 10.1. The van der Waals surface area contributed by atoms with Crippen molar-refractivity contribution >= 4 is 22.6 Å². The van der Waals surface area contributed by atoms with Crippen molar-refractivity contribution < 1.29 is 18.0 Å². The Morgan fingerprint density at radius 2 is 1.76 bits per heavy atom. The van der Waals surface area contributed by atoms with Crippen molar-refractivity contribution in [2.45, 2.75) is 19.1 Å². The third-order valence-electron chi connectivity index (χ3n) is 6.60. The second-order valence-corrected chi connectivity index (χ2v) is 9.12. The summed E-state index contributed by atoms with van der Waals surface area (Å²) >= 11 is 0. The van der Waals surface area contributed by atoms with E-state index in [2.05, 4.69) is 9.97 Å². The maximum Gasteiger partial charge on any atom is 0.434 e. The van der Waals surface area contributed by atoms with Gasteiger partial charge in [0.15, 0.2) is 11.5 Å². The largest absolute Gasteiger partial charge is 0.434 e. The normalized spacial score (nSPS) is 13.5. The fourth-order valence-electron chi connectivity index (χ4n) is 4.78. The molecule has 1 amide bonds. The lowest BCUT2D eigenvalue weighted by molar-refractivity contribution is -0.140. The average Bonchev–Trinajstić information content (AvgIpc) is 3.54. The Morgan fingerprint density at radius 1 is 0.973 bits per heavy atom. The Balaban J connectivity index is 1.30. The summed E-state index contributed by atoms with van der Waals surface area (Å²) in [6.07, 6.45) is 0.368. The molecule has 186 valence electrons. The number of para-hydroxylation sites is 1. The Labute approximate surface area is 209 Å². The van der Waals surface area contributed by atoms with Gasteiger partial charge in [-0.25, -0.2) is 15.0 Å². The van der Waals surface area contributed by atoms with Gasteiger partial charge in [-0.2, -0.15) is 13.2 Å². The fourth-order valence-corrected chi connectivity index (χ4v) is 4.78. The van der Waals surface area contributed by atoms with Crippen LogP contribution in [0.3, 0.4) is 0 Å². The van der Waals surface area contributed by atoms with Gasteiger partial charge in [0.05, 0.1) is 18.5 Å². The number of halogens is 3. The number of anilines is 1. The number of amides is 1. The van der Waals surface area contributed by atoms with Crippen LogP contribution in [0, 0.1) is 0 Å². The molecule has 0 aliphatic carbocycles. The molecule has 0 unspecified atom stereocenters. The number of aromatic nitrogens is 5. The number of aryl methyl sites for hydroxylation is 2. The van der Waals surface area contributed by atoms with E-state index in [4.69, 9.17) is 4.98 Å². The van der Waals surface area contributed by atoms with E-state index in [1.165, 1.54) is 11.6 Å². The minimum absolute atomic E-state index is 0.0819. The lowest BCUT2D eigenvalue weighted by Crippen LogP contribution is -2.26. The molecule has 0 N–H and O–H groups in total. The van der Waals surface area contributed by atoms with Crippen molar-refractivity contribution in [3.8, 4) is 22.8 Å². The molecule has 0 atom stereocenters. The van der Waals surface area contributed by atoms with E-state index in [0.29, 0.717) is 17.2 Å². The van der Waals surface area contributed by atoms with Crippen LogP contribution < -0.4 is 4.90 Å². The van der Waals surface area contributed by atoms with E-state index >= 15 is 0 Å². The summed E-state index contributed by atoms with van der Waals surface area (Å²) in [5, 5.41) is 1.08. The lowest BCUT2D eigenvalue weighted by Gasteiger charge is -2.17. The molecule has 0 bridgehead atoms. The maximum atomic E-state index is 13.0. The molecule has 3 aromatic heterocycles. The van der Waals surface area contributed by atoms with Gasteiger partial charge < -0.3 is 9.13 Å².